The molecule has 8 nitrogen and oxygen atoms in total. The van der Waals surface area contributed by atoms with Crippen molar-refractivity contribution in [3.63, 3.8) is 0 Å². The van der Waals surface area contributed by atoms with E-state index in [2.05, 4.69) is 20.2 Å². The monoisotopic (exact) mass is 352 g/mol. The van der Waals surface area contributed by atoms with E-state index < -0.39 is 0 Å². The van der Waals surface area contributed by atoms with Crippen LogP contribution in [0.1, 0.15) is 29.2 Å². The highest BCUT2D eigenvalue weighted by Gasteiger charge is 2.30. The number of rotatable bonds is 4. The van der Waals surface area contributed by atoms with Crippen molar-refractivity contribution in [3.8, 4) is 11.5 Å². The smallest absolute Gasteiger partial charge is 0.246 e. The molecule has 0 saturated carbocycles. The Labute approximate surface area is 150 Å². The minimum atomic E-state index is -0.122. The summed E-state index contributed by atoms with van der Waals surface area (Å²) in [6, 6.07) is 3.76. The topological polar surface area (TPSA) is 89.9 Å². The molecule has 0 spiro atoms. The van der Waals surface area contributed by atoms with Gasteiger partial charge in [0.2, 0.25) is 11.7 Å². The number of hydrogen-bond donors (Lipinski definition) is 0. The molecule has 1 aliphatic rings. The second kappa shape index (κ2) is 6.70. The van der Waals surface area contributed by atoms with Crippen LogP contribution in [0.4, 0.5) is 5.95 Å². The fourth-order valence-electron chi connectivity index (χ4n) is 3.28. The summed E-state index contributed by atoms with van der Waals surface area (Å²) >= 11 is 0. The Bertz CT molecular complexity index is 931. The van der Waals surface area contributed by atoms with Gasteiger partial charge in [-0.25, -0.2) is 9.97 Å². The molecule has 4 rings (SSSR count). The normalized spacial score (nSPS) is 17.5. The number of carbonyl (C=O) groups is 1. The van der Waals surface area contributed by atoms with Gasteiger partial charge in [-0.3, -0.25) is 4.79 Å². The van der Waals surface area contributed by atoms with Gasteiger partial charge in [0.05, 0.1) is 6.20 Å². The van der Waals surface area contributed by atoms with Crippen LogP contribution in [-0.2, 0) is 7.05 Å². The maximum atomic E-state index is 12.8. The fraction of sp³-hybridized carbons (Fsp3) is 0.389. The molecule has 0 radical (unpaired) electrons. The van der Waals surface area contributed by atoms with Gasteiger partial charge < -0.3 is 13.9 Å². The SMILES string of the molecule is Cc1ccc(-c2cnnc(N3CCCC(C(=O)c4nccn4C)C3)n2)o1. The van der Waals surface area contributed by atoms with E-state index in [-0.39, 0.29) is 11.7 Å². The molecule has 0 bridgehead atoms. The van der Waals surface area contributed by atoms with E-state index in [1.165, 1.54) is 0 Å². The van der Waals surface area contributed by atoms with Gasteiger partial charge in [-0.2, -0.15) is 5.10 Å². The van der Waals surface area contributed by atoms with Crippen molar-refractivity contribution in [1.29, 1.82) is 0 Å². The lowest BCUT2D eigenvalue weighted by Crippen LogP contribution is -2.40. The number of imidazole rings is 1. The summed E-state index contributed by atoms with van der Waals surface area (Å²) in [5.74, 6) is 2.44. The van der Waals surface area contributed by atoms with E-state index >= 15 is 0 Å². The summed E-state index contributed by atoms with van der Waals surface area (Å²) in [4.78, 5) is 23.5. The average Bonchev–Trinajstić information content (AvgIpc) is 3.30. The molecule has 1 saturated heterocycles. The Kier molecular flexibility index (Phi) is 4.24. The highest BCUT2D eigenvalue weighted by Crippen LogP contribution is 2.25. The number of hydrogen-bond acceptors (Lipinski definition) is 7. The van der Waals surface area contributed by atoms with Crippen LogP contribution in [0, 0.1) is 12.8 Å². The zero-order chi connectivity index (χ0) is 18.1. The first-order chi connectivity index (χ1) is 12.6. The molecule has 1 aliphatic heterocycles. The zero-order valence-corrected chi connectivity index (χ0v) is 14.8. The van der Waals surface area contributed by atoms with Crippen molar-refractivity contribution < 1.29 is 9.21 Å². The van der Waals surface area contributed by atoms with Crippen LogP contribution in [0.25, 0.3) is 11.5 Å². The second-order valence-corrected chi connectivity index (χ2v) is 6.56. The number of piperidine rings is 1. The van der Waals surface area contributed by atoms with Gasteiger partial charge in [0.25, 0.3) is 0 Å². The van der Waals surface area contributed by atoms with Crippen LogP contribution >= 0.6 is 0 Å². The van der Waals surface area contributed by atoms with E-state index in [0.717, 1.165) is 25.1 Å². The third kappa shape index (κ3) is 3.10. The molecule has 0 aromatic carbocycles. The second-order valence-electron chi connectivity index (χ2n) is 6.56. The first-order valence-corrected chi connectivity index (χ1v) is 8.65. The number of carbonyl (C=O) groups excluding carboxylic acids is 1. The Morgan fingerprint density at radius 2 is 2.23 bits per heavy atom. The van der Waals surface area contributed by atoms with Gasteiger partial charge in [-0.1, -0.05) is 0 Å². The van der Waals surface area contributed by atoms with Crippen LogP contribution in [0.2, 0.25) is 0 Å². The fourth-order valence-corrected chi connectivity index (χ4v) is 3.28. The third-order valence-corrected chi connectivity index (χ3v) is 4.66. The van der Waals surface area contributed by atoms with Gasteiger partial charge in [0.1, 0.15) is 11.5 Å². The molecule has 1 atom stereocenters. The summed E-state index contributed by atoms with van der Waals surface area (Å²) in [7, 11) is 1.84. The van der Waals surface area contributed by atoms with E-state index in [1.54, 1.807) is 23.2 Å². The molecule has 3 aromatic heterocycles. The number of ketones is 1. The third-order valence-electron chi connectivity index (χ3n) is 4.66. The Morgan fingerprint density at radius 1 is 1.35 bits per heavy atom. The number of aryl methyl sites for hydroxylation is 2. The van der Waals surface area contributed by atoms with E-state index in [4.69, 9.17) is 4.42 Å². The predicted molar refractivity (Wildman–Crippen MR) is 94.7 cm³/mol. The van der Waals surface area contributed by atoms with Crippen molar-refractivity contribution in [1.82, 2.24) is 24.7 Å². The highest BCUT2D eigenvalue weighted by molar-refractivity contribution is 5.95. The first kappa shape index (κ1) is 16.4. The predicted octanol–water partition coefficient (Wildman–Crippen LogP) is 2.27. The van der Waals surface area contributed by atoms with Crippen molar-refractivity contribution in [2.45, 2.75) is 19.8 Å². The van der Waals surface area contributed by atoms with Gasteiger partial charge >= 0.3 is 0 Å². The van der Waals surface area contributed by atoms with Crippen LogP contribution in [-0.4, -0.2) is 43.6 Å². The van der Waals surface area contributed by atoms with E-state index in [0.29, 0.717) is 29.8 Å². The maximum Gasteiger partial charge on any atom is 0.246 e. The maximum absolute atomic E-state index is 12.8. The lowest BCUT2D eigenvalue weighted by molar-refractivity contribution is 0.0893. The highest BCUT2D eigenvalue weighted by atomic mass is 16.3. The molecule has 0 amide bonds. The number of Topliss-reactive ketones (excluding diaryl/α,β-unsaturated/α-hetero) is 1. The Balaban J connectivity index is 1.55. The molecule has 8 heteroatoms. The van der Waals surface area contributed by atoms with Crippen LogP contribution in [0.5, 0.6) is 0 Å². The summed E-state index contributed by atoms with van der Waals surface area (Å²) in [6.45, 7) is 3.25. The molecular weight excluding hydrogens is 332 g/mol. The molecule has 0 N–H and O–H groups in total. The number of anilines is 1. The molecule has 1 fully saturated rings. The Hall–Kier alpha value is -3.03. The summed E-state index contributed by atoms with van der Waals surface area (Å²) in [5, 5.41) is 8.22. The van der Waals surface area contributed by atoms with Crippen LogP contribution < -0.4 is 4.90 Å². The van der Waals surface area contributed by atoms with Gasteiger partial charge in [-0.15, -0.1) is 5.10 Å². The van der Waals surface area contributed by atoms with Gasteiger partial charge in [0, 0.05) is 38.4 Å². The molecule has 4 heterocycles. The van der Waals surface area contributed by atoms with Crippen molar-refractivity contribution in [2.75, 3.05) is 18.0 Å². The van der Waals surface area contributed by atoms with Gasteiger partial charge in [0.15, 0.2) is 11.6 Å². The minimum Gasteiger partial charge on any atom is -0.460 e. The summed E-state index contributed by atoms with van der Waals surface area (Å²) < 4.78 is 7.38. The quantitative estimate of drug-likeness (QED) is 0.665. The average molecular weight is 352 g/mol. The van der Waals surface area contributed by atoms with Crippen molar-refractivity contribution >= 4 is 11.7 Å². The molecule has 1 unspecified atom stereocenters. The van der Waals surface area contributed by atoms with Gasteiger partial charge in [-0.05, 0) is 31.9 Å². The molecule has 134 valence electrons. The number of furan rings is 1. The molecular formula is C18H20N6O2. The standard InChI is InChI=1S/C18H20N6O2/c1-12-5-6-15(26-12)14-10-20-22-18(21-14)24-8-3-4-13(11-24)16(25)17-19-7-9-23(17)2/h5-7,9-10,13H,3-4,8,11H2,1-2H3. The molecule has 0 aliphatic carbocycles. The first-order valence-electron chi connectivity index (χ1n) is 8.65. The number of nitrogens with zero attached hydrogens (tertiary/aromatic N) is 6. The van der Waals surface area contributed by atoms with E-state index in [1.807, 2.05) is 31.0 Å². The molecule has 26 heavy (non-hydrogen) atoms. The summed E-state index contributed by atoms with van der Waals surface area (Å²) in [6.07, 6.45) is 6.76. The van der Waals surface area contributed by atoms with Crippen molar-refractivity contribution in [3.05, 3.63) is 42.3 Å². The molecule has 3 aromatic rings. The Morgan fingerprint density at radius 3 is 2.96 bits per heavy atom. The largest absolute Gasteiger partial charge is 0.460 e. The number of aromatic nitrogens is 5. The lowest BCUT2D eigenvalue weighted by atomic mass is 9.93. The van der Waals surface area contributed by atoms with E-state index in [9.17, 15) is 4.79 Å². The van der Waals surface area contributed by atoms with Crippen LogP contribution in [0.15, 0.2) is 35.1 Å². The van der Waals surface area contributed by atoms with Crippen molar-refractivity contribution in [2.24, 2.45) is 13.0 Å². The minimum absolute atomic E-state index is 0.0629. The van der Waals surface area contributed by atoms with Crippen LogP contribution in [0.3, 0.4) is 0 Å². The lowest BCUT2D eigenvalue weighted by Gasteiger charge is -2.31. The zero-order valence-electron chi connectivity index (χ0n) is 14.8. The summed E-state index contributed by atoms with van der Waals surface area (Å²) in [5.41, 5.74) is 0.639.